The van der Waals surface area contributed by atoms with Gasteiger partial charge in [0.05, 0.1) is 32.8 Å². The van der Waals surface area contributed by atoms with Crippen molar-refractivity contribution >= 4 is 48.6 Å². The van der Waals surface area contributed by atoms with Gasteiger partial charge in [0.15, 0.2) is 11.5 Å². The summed E-state index contributed by atoms with van der Waals surface area (Å²) >= 11 is 0. The van der Waals surface area contributed by atoms with Crippen LogP contribution in [0, 0.1) is 5.92 Å². The van der Waals surface area contributed by atoms with Crippen LogP contribution in [0.25, 0.3) is 11.2 Å². The zero-order valence-electron chi connectivity index (χ0n) is 30.2. The average molecular weight is 751 g/mol. The number of nitrogens with one attached hydrogen (secondary N) is 1. The van der Waals surface area contributed by atoms with E-state index >= 15 is 0 Å². The fourth-order valence-corrected chi connectivity index (χ4v) is 5.79. The fourth-order valence-electron chi connectivity index (χ4n) is 4.45. The van der Waals surface area contributed by atoms with Gasteiger partial charge in [0.1, 0.15) is 47.8 Å². The van der Waals surface area contributed by atoms with Crippen LogP contribution >= 0.6 is 7.60 Å². The molecule has 2 aromatic heterocycles. The number of esters is 3. The third-order valence-corrected chi connectivity index (χ3v) is 8.27. The van der Waals surface area contributed by atoms with Crippen LogP contribution in [0.4, 0.5) is 10.6 Å². The lowest BCUT2D eigenvalue weighted by atomic mass is 10.0. The van der Waals surface area contributed by atoms with E-state index in [2.05, 4.69) is 20.3 Å². The van der Waals surface area contributed by atoms with E-state index in [4.69, 9.17) is 38.5 Å². The first-order valence-corrected chi connectivity index (χ1v) is 18.3. The second kappa shape index (κ2) is 19.8. The van der Waals surface area contributed by atoms with E-state index in [1.807, 2.05) is 13.8 Å². The van der Waals surface area contributed by atoms with Gasteiger partial charge in [0.2, 0.25) is 0 Å². The maximum Gasteiger partial charge on any atom is 0.408 e. The lowest BCUT2D eigenvalue weighted by molar-refractivity contribution is -0.147. The zero-order valence-corrected chi connectivity index (χ0v) is 31.1. The highest BCUT2D eigenvalue weighted by molar-refractivity contribution is 7.53. The molecule has 52 heavy (non-hydrogen) atoms. The Kier molecular flexibility index (Phi) is 15.9. The van der Waals surface area contributed by atoms with Gasteiger partial charge in [0, 0.05) is 19.9 Å². The van der Waals surface area contributed by atoms with Crippen LogP contribution in [-0.2, 0) is 48.7 Å². The summed E-state index contributed by atoms with van der Waals surface area (Å²) in [4.78, 5) is 61.4. The molecule has 1 unspecified atom stereocenters. The van der Waals surface area contributed by atoms with E-state index in [1.165, 1.54) is 31.7 Å². The number of ether oxygens (including phenoxy) is 5. The van der Waals surface area contributed by atoms with Crippen LogP contribution in [0.3, 0.4) is 0 Å². The SMILES string of the molecule is CC(=O)Oc1ccccc1C(=O)OCCOP(=O)(COCCn1cnc2c(N)ncnc21)OCCCOC(=O)[C@@H](CC(C)C)NC(=O)OC(C)(C)C. The summed E-state index contributed by atoms with van der Waals surface area (Å²) in [6.07, 6.45) is 2.09. The number of hydrogen-bond donors (Lipinski definition) is 2. The average Bonchev–Trinajstić information content (AvgIpc) is 3.47. The number of fused-ring (bicyclic) bond motifs is 1. The van der Waals surface area contributed by atoms with E-state index < -0.39 is 49.6 Å². The normalized spacial score (nSPS) is 13.3. The summed E-state index contributed by atoms with van der Waals surface area (Å²) in [6.45, 7) is 9.57. The largest absolute Gasteiger partial charge is 0.464 e. The third-order valence-electron chi connectivity index (χ3n) is 6.62. The molecule has 1 amide bonds. The number of carbonyl (C=O) groups excluding carboxylic acids is 4. The number of hydrogen-bond acceptors (Lipinski definition) is 16. The van der Waals surface area contributed by atoms with Crippen LogP contribution in [0.2, 0.25) is 0 Å². The molecule has 0 spiro atoms. The van der Waals surface area contributed by atoms with Gasteiger partial charge in [-0.3, -0.25) is 9.36 Å². The molecule has 0 aliphatic carbocycles. The minimum Gasteiger partial charge on any atom is -0.464 e. The van der Waals surface area contributed by atoms with Gasteiger partial charge in [-0.1, -0.05) is 26.0 Å². The molecule has 3 aromatic rings. The minimum absolute atomic E-state index is 0.0194. The number of nitrogens with zero attached hydrogens (tertiary/aromatic N) is 4. The van der Waals surface area contributed by atoms with E-state index in [9.17, 15) is 23.7 Å². The minimum atomic E-state index is -3.95. The molecule has 2 heterocycles. The Hall–Kier alpha value is -4.64. The molecule has 3 rings (SSSR count). The number of nitrogen functional groups attached to an aromatic ring is 1. The van der Waals surface area contributed by atoms with Crippen LogP contribution < -0.4 is 15.8 Å². The Morgan fingerprint density at radius 2 is 1.69 bits per heavy atom. The number of benzene rings is 1. The predicted octanol–water partition coefficient (Wildman–Crippen LogP) is 4.26. The molecule has 0 aliphatic rings. The summed E-state index contributed by atoms with van der Waals surface area (Å²) in [5, 5.41) is 2.55. The van der Waals surface area contributed by atoms with Gasteiger partial charge in [-0.05, 0) is 45.2 Å². The van der Waals surface area contributed by atoms with Gasteiger partial charge in [-0.15, -0.1) is 0 Å². The van der Waals surface area contributed by atoms with Gasteiger partial charge in [0.25, 0.3) is 0 Å². The molecule has 0 aliphatic heterocycles. The topological polar surface area (TPSA) is 232 Å². The summed E-state index contributed by atoms with van der Waals surface area (Å²) in [6, 6.07) is 5.11. The molecular weight excluding hydrogens is 703 g/mol. The first kappa shape index (κ1) is 41.8. The van der Waals surface area contributed by atoms with Crippen molar-refractivity contribution in [2.75, 3.05) is 45.1 Å². The summed E-state index contributed by atoms with van der Waals surface area (Å²) in [5.41, 5.74) is 6.05. The first-order chi connectivity index (χ1) is 24.6. The van der Waals surface area contributed by atoms with Gasteiger partial charge in [-0.25, -0.2) is 29.3 Å². The number of rotatable bonds is 20. The smallest absolute Gasteiger partial charge is 0.408 e. The predicted molar refractivity (Wildman–Crippen MR) is 186 cm³/mol. The Balaban J connectivity index is 1.55. The molecule has 0 saturated carbocycles. The second-order valence-electron chi connectivity index (χ2n) is 12.8. The molecule has 0 fully saturated rings. The Labute approximate surface area is 301 Å². The van der Waals surface area contributed by atoms with Gasteiger partial charge >= 0.3 is 31.6 Å². The highest BCUT2D eigenvalue weighted by Gasteiger charge is 2.28. The molecule has 3 N–H and O–H groups in total. The van der Waals surface area contributed by atoms with Crippen molar-refractivity contribution in [1.29, 1.82) is 0 Å². The molecule has 2 atom stereocenters. The van der Waals surface area contributed by atoms with Crippen molar-refractivity contribution < 1.29 is 56.5 Å². The maximum atomic E-state index is 13.7. The van der Waals surface area contributed by atoms with Gasteiger partial charge in [-0.2, -0.15) is 0 Å². The molecule has 0 saturated heterocycles. The van der Waals surface area contributed by atoms with Crippen LogP contribution in [0.1, 0.15) is 64.7 Å². The number of carbonyl (C=O) groups is 4. The highest BCUT2D eigenvalue weighted by Crippen LogP contribution is 2.48. The van der Waals surface area contributed by atoms with Gasteiger partial charge < -0.3 is 48.3 Å². The standard InChI is InChI=1S/C33H47N6O12P/c1-22(2)18-25(38-32(43)51-33(4,5)6)31(42)46-13-9-14-48-52(44,21-45-15-12-39-20-37-27-28(34)35-19-36-29(27)39)49-17-16-47-30(41)24-10-7-8-11-26(24)50-23(3)40/h7-8,10-11,19-20,22,25H,9,12-18,21H2,1-6H3,(H,38,43)(H2,34,35,36)/t25-,52?/m1/s1. The summed E-state index contributed by atoms with van der Waals surface area (Å²) < 4.78 is 53.1. The maximum absolute atomic E-state index is 13.7. The lowest BCUT2D eigenvalue weighted by Crippen LogP contribution is -2.45. The van der Waals surface area contributed by atoms with E-state index in [0.29, 0.717) is 17.6 Å². The number of alkyl carbamates (subject to hydrolysis) is 1. The summed E-state index contributed by atoms with van der Waals surface area (Å²) in [7, 11) is -3.95. The van der Waals surface area contributed by atoms with Crippen molar-refractivity contribution in [3.8, 4) is 5.75 Å². The Bertz CT molecular complexity index is 1710. The number of para-hydroxylation sites is 1. The Morgan fingerprint density at radius 1 is 0.962 bits per heavy atom. The van der Waals surface area contributed by atoms with E-state index in [-0.39, 0.29) is 69.0 Å². The fraction of sp³-hybridized carbons (Fsp3) is 0.545. The molecule has 0 bridgehead atoms. The monoisotopic (exact) mass is 750 g/mol. The highest BCUT2D eigenvalue weighted by atomic mass is 31.2. The summed E-state index contributed by atoms with van der Waals surface area (Å²) in [5.74, 6) is -1.72. The Morgan fingerprint density at radius 3 is 2.40 bits per heavy atom. The van der Waals surface area contributed by atoms with E-state index in [1.54, 1.807) is 37.5 Å². The number of aromatic nitrogens is 4. The zero-order chi connectivity index (χ0) is 38.3. The van der Waals surface area contributed by atoms with Crippen LogP contribution in [0.5, 0.6) is 5.75 Å². The van der Waals surface area contributed by atoms with Crippen molar-refractivity contribution in [3.63, 3.8) is 0 Å². The van der Waals surface area contributed by atoms with E-state index in [0.717, 1.165) is 0 Å². The molecular formula is C33H47N6O12P. The van der Waals surface area contributed by atoms with Crippen LogP contribution in [0.15, 0.2) is 36.9 Å². The number of nitrogens with two attached hydrogens (primary N) is 1. The molecule has 19 heteroatoms. The number of amides is 1. The lowest BCUT2D eigenvalue weighted by Gasteiger charge is -2.23. The third kappa shape index (κ3) is 14.2. The van der Waals surface area contributed by atoms with Crippen molar-refractivity contribution in [3.05, 3.63) is 42.5 Å². The molecule has 286 valence electrons. The van der Waals surface area contributed by atoms with Crippen LogP contribution in [-0.4, -0.2) is 94.5 Å². The quantitative estimate of drug-likeness (QED) is 0.0540. The van der Waals surface area contributed by atoms with Crippen molar-refractivity contribution in [1.82, 2.24) is 24.8 Å². The van der Waals surface area contributed by atoms with Crippen molar-refractivity contribution in [2.24, 2.45) is 5.92 Å². The number of imidazole rings is 1. The van der Waals surface area contributed by atoms with Crippen molar-refractivity contribution in [2.45, 2.75) is 72.6 Å². The second-order valence-corrected chi connectivity index (χ2v) is 14.8. The molecule has 0 radical (unpaired) electrons. The first-order valence-electron chi connectivity index (χ1n) is 16.5. The number of anilines is 1. The molecule has 1 aromatic carbocycles. The molecule has 18 nitrogen and oxygen atoms in total.